The van der Waals surface area contributed by atoms with E-state index in [4.69, 9.17) is 15.5 Å². The smallest absolute Gasteiger partial charge is 0.339 e. The lowest BCUT2D eigenvalue weighted by molar-refractivity contribution is -0.125. The first kappa shape index (κ1) is 19.8. The maximum absolute atomic E-state index is 13.1. The summed E-state index contributed by atoms with van der Waals surface area (Å²) in [5.74, 6) is -0.867. The van der Waals surface area contributed by atoms with Crippen LogP contribution < -0.4 is 5.73 Å². The molecule has 5 nitrogen and oxygen atoms in total. The molecule has 0 saturated heterocycles. The van der Waals surface area contributed by atoms with Gasteiger partial charge in [0.15, 0.2) is 6.10 Å². The van der Waals surface area contributed by atoms with Crippen molar-refractivity contribution in [3.8, 4) is 0 Å². The van der Waals surface area contributed by atoms with Crippen molar-refractivity contribution in [1.82, 2.24) is 4.98 Å². The van der Waals surface area contributed by atoms with Crippen molar-refractivity contribution in [2.24, 2.45) is 11.7 Å². The van der Waals surface area contributed by atoms with E-state index in [1.165, 1.54) is 6.92 Å². The highest BCUT2D eigenvalue weighted by atomic mass is 16.5. The van der Waals surface area contributed by atoms with Crippen LogP contribution in [0.25, 0.3) is 22.6 Å². The summed E-state index contributed by atoms with van der Waals surface area (Å²) in [6.07, 6.45) is 2.73. The Bertz CT molecular complexity index is 1150. The number of pyridine rings is 1. The van der Waals surface area contributed by atoms with Crippen LogP contribution in [-0.2, 0) is 16.0 Å². The SMILES string of the molecule is C[C@H]1C/C(=C\c2ccccc2)c2nc3ccccc3c(C(=O)O[C@H](C)C(N)=O)c2C1. The summed E-state index contributed by atoms with van der Waals surface area (Å²) in [6.45, 7) is 3.65. The molecule has 1 aliphatic rings. The number of allylic oxidation sites excluding steroid dienone is 1. The zero-order valence-corrected chi connectivity index (χ0v) is 17.1. The standard InChI is InChI=1S/C25H24N2O3/c1-15-12-18(14-17-8-4-3-5-9-17)23-20(13-15)22(25(29)30-16(2)24(26)28)19-10-6-7-11-21(19)27-23/h3-11,14-16H,12-13H2,1-2H3,(H2,26,28)/b18-14+/t15-,16+/m0/s1. The fourth-order valence-electron chi connectivity index (χ4n) is 4.00. The van der Waals surface area contributed by atoms with Gasteiger partial charge >= 0.3 is 5.97 Å². The van der Waals surface area contributed by atoms with Gasteiger partial charge < -0.3 is 10.5 Å². The Morgan fingerprint density at radius 1 is 1.10 bits per heavy atom. The number of esters is 1. The molecule has 2 N–H and O–H groups in total. The molecule has 0 aliphatic heterocycles. The number of nitrogens with two attached hydrogens (primary N) is 1. The fourth-order valence-corrected chi connectivity index (χ4v) is 4.00. The minimum Gasteiger partial charge on any atom is -0.449 e. The van der Waals surface area contributed by atoms with Crippen molar-refractivity contribution in [3.63, 3.8) is 0 Å². The molecule has 5 heteroatoms. The molecule has 0 bridgehead atoms. The van der Waals surface area contributed by atoms with Gasteiger partial charge in [-0.05, 0) is 54.5 Å². The van der Waals surface area contributed by atoms with E-state index in [9.17, 15) is 9.59 Å². The molecule has 152 valence electrons. The van der Waals surface area contributed by atoms with Crippen molar-refractivity contribution in [2.45, 2.75) is 32.8 Å². The summed E-state index contributed by atoms with van der Waals surface area (Å²) < 4.78 is 5.40. The number of benzene rings is 2. The molecule has 1 amide bonds. The van der Waals surface area contributed by atoms with Gasteiger partial charge in [0, 0.05) is 5.39 Å². The van der Waals surface area contributed by atoms with Crippen LogP contribution in [0.5, 0.6) is 0 Å². The Hall–Kier alpha value is -3.47. The first-order valence-corrected chi connectivity index (χ1v) is 10.1. The van der Waals surface area contributed by atoms with Gasteiger partial charge in [0.05, 0.1) is 16.8 Å². The highest BCUT2D eigenvalue weighted by Gasteiger charge is 2.29. The number of amides is 1. The monoisotopic (exact) mass is 400 g/mol. The van der Waals surface area contributed by atoms with Gasteiger partial charge in [-0.25, -0.2) is 9.78 Å². The second kappa shape index (κ2) is 8.11. The number of hydrogen-bond acceptors (Lipinski definition) is 4. The minimum absolute atomic E-state index is 0.343. The summed E-state index contributed by atoms with van der Waals surface area (Å²) in [6, 6.07) is 17.6. The van der Waals surface area contributed by atoms with Crippen LogP contribution >= 0.6 is 0 Å². The van der Waals surface area contributed by atoms with Crippen LogP contribution in [0.2, 0.25) is 0 Å². The Morgan fingerprint density at radius 2 is 1.80 bits per heavy atom. The van der Waals surface area contributed by atoms with Crippen molar-refractivity contribution in [1.29, 1.82) is 0 Å². The molecule has 0 radical (unpaired) electrons. The first-order chi connectivity index (χ1) is 14.4. The predicted octanol–water partition coefficient (Wildman–Crippen LogP) is 4.39. The number of hydrogen-bond donors (Lipinski definition) is 1. The summed E-state index contributed by atoms with van der Waals surface area (Å²) in [5.41, 5.74) is 10.4. The molecule has 3 aromatic rings. The number of para-hydroxylation sites is 1. The van der Waals surface area contributed by atoms with Crippen LogP contribution in [0, 0.1) is 5.92 Å². The lowest BCUT2D eigenvalue weighted by Crippen LogP contribution is -2.31. The van der Waals surface area contributed by atoms with E-state index in [0.29, 0.717) is 17.9 Å². The van der Waals surface area contributed by atoms with Crippen LogP contribution in [-0.4, -0.2) is 23.0 Å². The number of primary amides is 1. The van der Waals surface area contributed by atoms with E-state index in [-0.39, 0.29) is 0 Å². The van der Waals surface area contributed by atoms with Crippen molar-refractivity contribution in [3.05, 3.63) is 77.0 Å². The van der Waals surface area contributed by atoms with E-state index in [2.05, 4.69) is 25.1 Å². The average molecular weight is 400 g/mol. The molecule has 1 aromatic heterocycles. The summed E-state index contributed by atoms with van der Waals surface area (Å²) in [7, 11) is 0. The molecule has 30 heavy (non-hydrogen) atoms. The quantitative estimate of drug-likeness (QED) is 0.659. The lowest BCUT2D eigenvalue weighted by Gasteiger charge is -2.27. The summed E-state index contributed by atoms with van der Waals surface area (Å²) in [5, 5.41) is 0.728. The predicted molar refractivity (Wildman–Crippen MR) is 118 cm³/mol. The number of carbonyl (C=O) groups excluding carboxylic acids is 2. The van der Waals surface area contributed by atoms with Gasteiger partial charge in [-0.2, -0.15) is 0 Å². The normalized spacial score (nSPS) is 18.1. The van der Waals surface area contributed by atoms with Crippen LogP contribution in [0.3, 0.4) is 0 Å². The fraction of sp³-hybridized carbons (Fsp3) is 0.240. The number of rotatable bonds is 4. The van der Waals surface area contributed by atoms with Crippen molar-refractivity contribution in [2.75, 3.05) is 0 Å². The van der Waals surface area contributed by atoms with Crippen LogP contribution in [0.1, 0.15) is 47.4 Å². The van der Waals surface area contributed by atoms with Gasteiger partial charge in [-0.1, -0.05) is 55.5 Å². The largest absolute Gasteiger partial charge is 0.449 e. The maximum atomic E-state index is 13.1. The first-order valence-electron chi connectivity index (χ1n) is 10.1. The lowest BCUT2D eigenvalue weighted by atomic mass is 9.80. The molecule has 0 fully saturated rings. The molecule has 0 unspecified atom stereocenters. The molecule has 0 saturated carbocycles. The topological polar surface area (TPSA) is 82.3 Å². The molecule has 0 spiro atoms. The molecule has 2 atom stereocenters. The zero-order valence-electron chi connectivity index (χ0n) is 17.1. The van der Waals surface area contributed by atoms with E-state index in [1.807, 2.05) is 42.5 Å². The summed E-state index contributed by atoms with van der Waals surface area (Å²) in [4.78, 5) is 29.5. The van der Waals surface area contributed by atoms with E-state index < -0.39 is 18.0 Å². The van der Waals surface area contributed by atoms with Crippen LogP contribution in [0.15, 0.2) is 54.6 Å². The Labute approximate surface area is 175 Å². The average Bonchev–Trinajstić information content (AvgIpc) is 2.72. The number of aromatic nitrogens is 1. The van der Waals surface area contributed by atoms with Crippen molar-refractivity contribution < 1.29 is 14.3 Å². The zero-order chi connectivity index (χ0) is 21.3. The molecule has 1 heterocycles. The Kier molecular flexibility index (Phi) is 5.36. The van der Waals surface area contributed by atoms with Gasteiger partial charge in [0.25, 0.3) is 5.91 Å². The van der Waals surface area contributed by atoms with Gasteiger partial charge in [0.1, 0.15) is 0 Å². The molecular weight excluding hydrogens is 376 g/mol. The van der Waals surface area contributed by atoms with Gasteiger partial charge in [0.2, 0.25) is 0 Å². The Balaban J connectivity index is 1.92. The molecule has 4 rings (SSSR count). The maximum Gasteiger partial charge on any atom is 0.339 e. The van der Waals surface area contributed by atoms with Crippen LogP contribution in [0.4, 0.5) is 0 Å². The van der Waals surface area contributed by atoms with Gasteiger partial charge in [-0.3, -0.25) is 4.79 Å². The van der Waals surface area contributed by atoms with Crippen molar-refractivity contribution >= 4 is 34.4 Å². The highest BCUT2D eigenvalue weighted by Crippen LogP contribution is 2.38. The minimum atomic E-state index is -1.000. The molecule has 2 aromatic carbocycles. The third kappa shape index (κ3) is 3.83. The molecular formula is C25H24N2O3. The Morgan fingerprint density at radius 3 is 2.53 bits per heavy atom. The second-order valence-electron chi connectivity index (χ2n) is 7.87. The summed E-state index contributed by atoms with van der Waals surface area (Å²) >= 11 is 0. The third-order valence-corrected chi connectivity index (χ3v) is 5.45. The number of fused-ring (bicyclic) bond motifs is 2. The van der Waals surface area contributed by atoms with E-state index in [0.717, 1.165) is 39.7 Å². The highest BCUT2D eigenvalue weighted by molar-refractivity contribution is 6.07. The molecule has 1 aliphatic carbocycles. The van der Waals surface area contributed by atoms with E-state index in [1.54, 1.807) is 0 Å². The number of carbonyl (C=O) groups is 2. The second-order valence-corrected chi connectivity index (χ2v) is 7.87. The van der Waals surface area contributed by atoms with E-state index >= 15 is 0 Å². The third-order valence-electron chi connectivity index (χ3n) is 5.45. The number of ether oxygens (including phenoxy) is 1. The number of nitrogens with zero attached hydrogens (tertiary/aromatic N) is 1. The van der Waals surface area contributed by atoms with Gasteiger partial charge in [-0.15, -0.1) is 0 Å².